The van der Waals surface area contributed by atoms with E-state index in [0.29, 0.717) is 23.3 Å². The average Bonchev–Trinajstić information content (AvgIpc) is 3.97. The molecule has 5 heterocycles. The van der Waals surface area contributed by atoms with Crippen molar-refractivity contribution in [2.75, 3.05) is 9.80 Å². The van der Waals surface area contributed by atoms with Gasteiger partial charge >= 0.3 is 0 Å². The van der Waals surface area contributed by atoms with Gasteiger partial charge in [0.15, 0.2) is 0 Å². The van der Waals surface area contributed by atoms with Crippen LogP contribution in [-0.4, -0.2) is 19.1 Å². The normalized spacial score (nSPS) is 13.9. The SMILES string of the molecule is CC(C)c1cccc(C(C)C)c1-c1cc(Oc2[c-]c3c(cc2)c2ccccc2n3-c2cc(C(C)(C)C)ccn2)[c-]c(N2[CH-]N(c3ccccc3)c3cc4c(cc32)nc2n4CCCC2)c1.[Pt]. The Morgan fingerprint density at radius 1 is 0.692 bits per heavy atom. The maximum absolute atomic E-state index is 7.02. The van der Waals surface area contributed by atoms with Gasteiger partial charge in [0.1, 0.15) is 11.6 Å². The summed E-state index contributed by atoms with van der Waals surface area (Å²) in [4.78, 5) is 14.7. The molecule has 330 valence electrons. The van der Waals surface area contributed by atoms with Crippen LogP contribution in [-0.2, 0) is 39.4 Å². The summed E-state index contributed by atoms with van der Waals surface area (Å²) in [6, 6.07) is 50.9. The van der Waals surface area contributed by atoms with Crippen molar-refractivity contribution in [1.82, 2.24) is 19.1 Å². The molecule has 0 bridgehead atoms. The molecule has 7 nitrogen and oxygen atoms in total. The first-order chi connectivity index (χ1) is 31.0. The Morgan fingerprint density at radius 3 is 2.22 bits per heavy atom. The molecule has 0 saturated heterocycles. The van der Waals surface area contributed by atoms with E-state index in [2.05, 4.69) is 201 Å². The number of aryl methyl sites for hydroxylation is 2. The third-order valence-electron chi connectivity index (χ3n) is 13.1. The number of fused-ring (bicyclic) bond motifs is 7. The summed E-state index contributed by atoms with van der Waals surface area (Å²) in [6.45, 7) is 19.0. The van der Waals surface area contributed by atoms with E-state index in [9.17, 15) is 0 Å². The molecule has 0 spiro atoms. The summed E-state index contributed by atoms with van der Waals surface area (Å²) in [5.41, 5.74) is 14.4. The molecule has 0 aliphatic carbocycles. The van der Waals surface area contributed by atoms with Gasteiger partial charge in [0.25, 0.3) is 0 Å². The standard InChI is InChI=1S/C57H53N6O.Pt/c1-36(2)44-19-15-20-45(37(3)4)56(44)38-28-41(62-35-61(40-16-9-8-10-17-40)53-34-51-48(33-52(53)62)59-54-22-13-14-27-60(51)54)31-43(29-38)64-42-23-24-47-46-18-11-12-21-49(46)63(50(47)32-42)55-30-39(25-26-58-55)57(5,6)7;/h8-12,15-21,23-26,28-30,33-37H,13-14,22,27H2,1-7H3;/q-3;. The van der Waals surface area contributed by atoms with E-state index in [1.807, 2.05) is 12.3 Å². The molecule has 6 aromatic carbocycles. The maximum atomic E-state index is 7.02. The van der Waals surface area contributed by atoms with Crippen LogP contribution in [0.3, 0.4) is 0 Å². The number of hydrogen-bond acceptors (Lipinski definition) is 5. The molecule has 0 fully saturated rings. The molecule has 0 saturated carbocycles. The first-order valence-corrected chi connectivity index (χ1v) is 22.8. The Morgan fingerprint density at radius 2 is 1.45 bits per heavy atom. The van der Waals surface area contributed by atoms with Crippen molar-refractivity contribution in [2.45, 2.75) is 91.5 Å². The second-order valence-electron chi connectivity index (χ2n) is 19.1. The van der Waals surface area contributed by atoms with Crippen molar-refractivity contribution in [3.8, 4) is 28.4 Å². The zero-order valence-electron chi connectivity index (χ0n) is 38.1. The smallest absolute Gasteiger partial charge is 0.135 e. The fraction of sp³-hybridized carbons (Fsp3) is 0.246. The summed E-state index contributed by atoms with van der Waals surface area (Å²) in [5.74, 6) is 3.86. The third kappa shape index (κ3) is 7.52. The van der Waals surface area contributed by atoms with Gasteiger partial charge in [-0.25, -0.2) is 9.97 Å². The number of benzene rings is 6. The monoisotopic (exact) mass is 1030 g/mol. The first kappa shape index (κ1) is 42.8. The number of imidazole rings is 1. The van der Waals surface area contributed by atoms with E-state index < -0.39 is 0 Å². The van der Waals surface area contributed by atoms with Crippen molar-refractivity contribution in [1.29, 1.82) is 0 Å². The molecule has 0 unspecified atom stereocenters. The van der Waals surface area contributed by atoms with Crippen molar-refractivity contribution < 1.29 is 25.8 Å². The van der Waals surface area contributed by atoms with Crippen LogP contribution in [0, 0.1) is 18.8 Å². The Labute approximate surface area is 397 Å². The summed E-state index contributed by atoms with van der Waals surface area (Å²) in [6.07, 6.45) is 5.27. The zero-order valence-corrected chi connectivity index (χ0v) is 40.4. The average molecular weight is 1030 g/mol. The quantitative estimate of drug-likeness (QED) is 0.142. The van der Waals surface area contributed by atoms with Crippen LogP contribution in [0.1, 0.15) is 95.7 Å². The molecule has 0 N–H and O–H groups in total. The summed E-state index contributed by atoms with van der Waals surface area (Å²) in [7, 11) is 0. The van der Waals surface area contributed by atoms with Gasteiger partial charge in [-0.2, -0.15) is 6.07 Å². The number of ether oxygens (including phenoxy) is 1. The van der Waals surface area contributed by atoms with Gasteiger partial charge in [-0.3, -0.25) is 0 Å². The molecular weight excluding hydrogens is 980 g/mol. The van der Waals surface area contributed by atoms with Crippen molar-refractivity contribution in [3.63, 3.8) is 0 Å². The number of anilines is 4. The Kier molecular flexibility index (Phi) is 11.0. The third-order valence-corrected chi connectivity index (χ3v) is 13.1. The van der Waals surface area contributed by atoms with Crippen LogP contribution in [0.5, 0.6) is 11.5 Å². The van der Waals surface area contributed by atoms with Crippen LogP contribution < -0.4 is 14.5 Å². The van der Waals surface area contributed by atoms with Crippen molar-refractivity contribution in [2.24, 2.45) is 0 Å². The van der Waals surface area contributed by atoms with Crippen LogP contribution in [0.15, 0.2) is 128 Å². The van der Waals surface area contributed by atoms with Crippen molar-refractivity contribution >= 4 is 55.6 Å². The molecule has 8 heteroatoms. The molecule has 2 aliphatic rings. The molecule has 3 aromatic heterocycles. The zero-order chi connectivity index (χ0) is 43.9. The minimum absolute atomic E-state index is 0. The number of nitrogens with zero attached hydrogens (tertiary/aromatic N) is 6. The minimum Gasteiger partial charge on any atom is -0.509 e. The molecule has 9 aromatic rings. The fourth-order valence-electron chi connectivity index (χ4n) is 9.84. The van der Waals surface area contributed by atoms with E-state index in [4.69, 9.17) is 14.7 Å². The molecule has 0 radical (unpaired) electrons. The van der Waals surface area contributed by atoms with E-state index >= 15 is 0 Å². The Bertz CT molecular complexity index is 3220. The molecular formula is C57H53N6OPt-3. The van der Waals surface area contributed by atoms with Crippen LogP contribution in [0.4, 0.5) is 22.7 Å². The van der Waals surface area contributed by atoms with Crippen LogP contribution >= 0.6 is 0 Å². The van der Waals surface area contributed by atoms with Gasteiger partial charge in [-0.15, -0.1) is 53.6 Å². The van der Waals surface area contributed by atoms with E-state index in [1.165, 1.54) is 46.4 Å². The summed E-state index contributed by atoms with van der Waals surface area (Å²) < 4.78 is 11.7. The van der Waals surface area contributed by atoms with Crippen LogP contribution in [0.2, 0.25) is 0 Å². The first-order valence-electron chi connectivity index (χ1n) is 22.8. The predicted molar refractivity (Wildman–Crippen MR) is 263 cm³/mol. The van der Waals surface area contributed by atoms with E-state index in [1.54, 1.807) is 0 Å². The van der Waals surface area contributed by atoms with Crippen molar-refractivity contribution in [3.05, 3.63) is 169 Å². The van der Waals surface area contributed by atoms with Gasteiger partial charge < -0.3 is 23.7 Å². The van der Waals surface area contributed by atoms with E-state index in [0.717, 1.165) is 74.4 Å². The topological polar surface area (TPSA) is 51.4 Å². The Balaban J connectivity index is 0.00000498. The molecule has 0 amide bonds. The number of pyridine rings is 1. The fourth-order valence-corrected chi connectivity index (χ4v) is 9.84. The number of rotatable bonds is 8. The minimum atomic E-state index is -0.0356. The van der Waals surface area contributed by atoms with Gasteiger partial charge in [0.05, 0.1) is 11.0 Å². The van der Waals surface area contributed by atoms with Gasteiger partial charge in [-0.1, -0.05) is 109 Å². The second-order valence-corrected chi connectivity index (χ2v) is 19.1. The number of hydrogen-bond donors (Lipinski definition) is 0. The summed E-state index contributed by atoms with van der Waals surface area (Å²) >= 11 is 0. The molecule has 0 atom stereocenters. The number of para-hydroxylation sites is 2. The molecule has 65 heavy (non-hydrogen) atoms. The van der Waals surface area contributed by atoms with Gasteiger partial charge in [-0.05, 0) is 100 Å². The Hall–Kier alpha value is -6.17. The van der Waals surface area contributed by atoms with Gasteiger partial charge in [0.2, 0.25) is 0 Å². The van der Waals surface area contributed by atoms with Crippen LogP contribution in [0.25, 0.3) is 49.8 Å². The molecule has 2 aliphatic heterocycles. The predicted octanol–water partition coefficient (Wildman–Crippen LogP) is 14.9. The largest absolute Gasteiger partial charge is 0.509 e. The van der Waals surface area contributed by atoms with Gasteiger partial charge in [0, 0.05) is 74.3 Å². The second kappa shape index (κ2) is 16.7. The number of aromatic nitrogens is 4. The molecule has 11 rings (SSSR count). The van der Waals surface area contributed by atoms with E-state index in [-0.39, 0.29) is 26.5 Å². The summed E-state index contributed by atoms with van der Waals surface area (Å²) in [5, 5.41) is 2.23. The maximum Gasteiger partial charge on any atom is 0.135 e.